The van der Waals surface area contributed by atoms with Crippen LogP contribution < -0.4 is 5.69 Å². The monoisotopic (exact) mass is 272 g/mol. The van der Waals surface area contributed by atoms with E-state index in [1.54, 1.807) is 21.5 Å². The first-order valence-electron chi connectivity index (χ1n) is 6.88. The highest BCUT2D eigenvalue weighted by Gasteiger charge is 2.10. The van der Waals surface area contributed by atoms with Crippen LogP contribution in [0, 0.1) is 0 Å². The van der Waals surface area contributed by atoms with Crippen molar-refractivity contribution < 1.29 is 4.79 Å². The van der Waals surface area contributed by atoms with E-state index in [1.807, 2.05) is 45.0 Å². The average molecular weight is 272 g/mol. The lowest BCUT2D eigenvalue weighted by atomic mass is 9.98. The van der Waals surface area contributed by atoms with E-state index in [-0.39, 0.29) is 17.6 Å². The maximum Gasteiger partial charge on any atom is 0.332 e. The summed E-state index contributed by atoms with van der Waals surface area (Å²) in [6.45, 7) is 5.97. The maximum atomic E-state index is 12.3. The number of aldehydes is 1. The van der Waals surface area contributed by atoms with E-state index in [9.17, 15) is 9.59 Å². The number of aromatic nitrogens is 2. The molecule has 1 atom stereocenters. The normalized spacial score (nSPS) is 12.6. The van der Waals surface area contributed by atoms with Gasteiger partial charge >= 0.3 is 5.69 Å². The summed E-state index contributed by atoms with van der Waals surface area (Å²) in [7, 11) is 0. The Bertz CT molecular complexity index is 652. The predicted molar refractivity (Wildman–Crippen MR) is 79.5 cm³/mol. The first-order valence-corrected chi connectivity index (χ1v) is 6.88. The minimum atomic E-state index is -0.0415. The van der Waals surface area contributed by atoms with Crippen LogP contribution in [0.2, 0.25) is 0 Å². The molecule has 4 nitrogen and oxygen atoms in total. The van der Waals surface area contributed by atoms with Crippen molar-refractivity contribution in [1.29, 1.82) is 0 Å². The number of hydrogen-bond donors (Lipinski definition) is 0. The number of carbonyl (C=O) groups is 1. The van der Waals surface area contributed by atoms with Crippen LogP contribution >= 0.6 is 0 Å². The maximum absolute atomic E-state index is 12.3. The van der Waals surface area contributed by atoms with Gasteiger partial charge in [-0.25, -0.2) is 4.79 Å². The van der Waals surface area contributed by atoms with Gasteiger partial charge in [0.05, 0.1) is 5.69 Å². The summed E-state index contributed by atoms with van der Waals surface area (Å²) in [5, 5.41) is 0. The molecule has 106 valence electrons. The smallest absolute Gasteiger partial charge is 0.303 e. The van der Waals surface area contributed by atoms with E-state index < -0.39 is 0 Å². The van der Waals surface area contributed by atoms with Crippen molar-refractivity contribution in [3.05, 3.63) is 52.7 Å². The van der Waals surface area contributed by atoms with E-state index in [4.69, 9.17) is 0 Å². The van der Waals surface area contributed by atoms with Crippen molar-refractivity contribution in [3.8, 4) is 5.69 Å². The zero-order valence-corrected chi connectivity index (χ0v) is 12.1. The number of imidazole rings is 1. The zero-order chi connectivity index (χ0) is 14.7. The number of hydrogen-bond acceptors (Lipinski definition) is 2. The molecule has 0 aliphatic carbocycles. The minimum absolute atomic E-state index is 0.0415. The van der Waals surface area contributed by atoms with Crippen molar-refractivity contribution in [3.63, 3.8) is 0 Å². The Kier molecular flexibility index (Phi) is 4.23. The van der Waals surface area contributed by atoms with Crippen LogP contribution in [0.4, 0.5) is 0 Å². The van der Waals surface area contributed by atoms with Gasteiger partial charge in [0.2, 0.25) is 0 Å². The molecule has 0 saturated carbocycles. The number of rotatable bonds is 5. The van der Waals surface area contributed by atoms with Crippen LogP contribution in [0.5, 0.6) is 0 Å². The topological polar surface area (TPSA) is 44.0 Å². The molecular formula is C16H20N2O2. The molecule has 1 unspecified atom stereocenters. The molecule has 0 aliphatic rings. The van der Waals surface area contributed by atoms with Gasteiger partial charge in [0, 0.05) is 24.9 Å². The molecule has 0 spiro atoms. The lowest BCUT2D eigenvalue weighted by molar-refractivity contribution is -0.108. The van der Waals surface area contributed by atoms with Crippen LogP contribution in [-0.4, -0.2) is 15.4 Å². The Morgan fingerprint density at radius 1 is 1.20 bits per heavy atom. The highest BCUT2D eigenvalue weighted by Crippen LogP contribution is 2.20. The largest absolute Gasteiger partial charge is 0.332 e. The summed E-state index contributed by atoms with van der Waals surface area (Å²) >= 11 is 0. The summed E-state index contributed by atoms with van der Waals surface area (Å²) < 4.78 is 3.33. The van der Waals surface area contributed by atoms with Crippen LogP contribution in [0.15, 0.2) is 41.5 Å². The van der Waals surface area contributed by atoms with E-state index >= 15 is 0 Å². The first kappa shape index (κ1) is 14.3. The van der Waals surface area contributed by atoms with Gasteiger partial charge in [-0.05, 0) is 37.5 Å². The highest BCUT2D eigenvalue weighted by molar-refractivity contribution is 5.52. The van der Waals surface area contributed by atoms with Gasteiger partial charge in [-0.2, -0.15) is 0 Å². The summed E-state index contributed by atoms with van der Waals surface area (Å²) in [6, 6.07) is 7.93. The molecule has 4 heteroatoms. The van der Waals surface area contributed by atoms with Crippen LogP contribution in [0.1, 0.15) is 44.7 Å². The molecule has 1 aromatic carbocycles. The van der Waals surface area contributed by atoms with Gasteiger partial charge in [-0.1, -0.05) is 19.1 Å². The summed E-state index contributed by atoms with van der Waals surface area (Å²) in [6.07, 6.45) is 5.00. The lowest BCUT2D eigenvalue weighted by Crippen LogP contribution is -2.24. The van der Waals surface area contributed by atoms with Crippen molar-refractivity contribution >= 4 is 6.29 Å². The fourth-order valence-corrected chi connectivity index (χ4v) is 2.24. The first-order chi connectivity index (χ1) is 9.54. The van der Waals surface area contributed by atoms with Crippen molar-refractivity contribution in [2.45, 2.75) is 39.2 Å². The average Bonchev–Trinajstić information content (AvgIpc) is 2.81. The Hall–Kier alpha value is -2.10. The third-order valence-electron chi connectivity index (χ3n) is 3.53. The molecule has 1 heterocycles. The molecule has 0 amide bonds. The van der Waals surface area contributed by atoms with Crippen LogP contribution in [0.25, 0.3) is 5.69 Å². The summed E-state index contributed by atoms with van der Waals surface area (Å²) in [5.74, 6) is 0.162. The SMILES string of the molecule is CC(CC=O)c1cccc(-n2ccn(C(C)C)c2=O)c1. The molecule has 0 fully saturated rings. The van der Waals surface area contributed by atoms with Crippen molar-refractivity contribution in [2.24, 2.45) is 0 Å². The third kappa shape index (κ3) is 2.74. The molecule has 2 rings (SSSR count). The van der Waals surface area contributed by atoms with Gasteiger partial charge in [-0.15, -0.1) is 0 Å². The molecule has 0 radical (unpaired) electrons. The molecule has 0 bridgehead atoms. The zero-order valence-electron chi connectivity index (χ0n) is 12.1. The van der Waals surface area contributed by atoms with E-state index in [0.717, 1.165) is 17.5 Å². The Balaban J connectivity index is 2.41. The van der Waals surface area contributed by atoms with Crippen molar-refractivity contribution in [1.82, 2.24) is 9.13 Å². The van der Waals surface area contributed by atoms with Crippen LogP contribution in [0.3, 0.4) is 0 Å². The Morgan fingerprint density at radius 3 is 2.55 bits per heavy atom. The van der Waals surface area contributed by atoms with Gasteiger partial charge in [0.1, 0.15) is 6.29 Å². The molecule has 1 aromatic heterocycles. The molecular weight excluding hydrogens is 252 g/mol. The second kappa shape index (κ2) is 5.90. The molecule has 2 aromatic rings. The van der Waals surface area contributed by atoms with E-state index in [0.29, 0.717) is 6.42 Å². The minimum Gasteiger partial charge on any atom is -0.303 e. The molecule has 0 aliphatic heterocycles. The molecule has 0 N–H and O–H groups in total. The number of nitrogens with zero attached hydrogens (tertiary/aromatic N) is 2. The standard InChI is InChI=1S/C16H20N2O2/c1-12(2)17-8-9-18(16(17)20)15-6-4-5-14(11-15)13(3)7-10-19/h4-6,8-13H,7H2,1-3H3. The second-order valence-electron chi connectivity index (χ2n) is 5.35. The van der Waals surface area contributed by atoms with Gasteiger partial charge in [0.25, 0.3) is 0 Å². The highest BCUT2D eigenvalue weighted by atomic mass is 16.1. The molecule has 20 heavy (non-hydrogen) atoms. The predicted octanol–water partition coefficient (Wildman–Crippen LogP) is 2.91. The summed E-state index contributed by atoms with van der Waals surface area (Å²) in [5.41, 5.74) is 1.86. The van der Waals surface area contributed by atoms with Gasteiger partial charge in [-0.3, -0.25) is 9.13 Å². The van der Waals surface area contributed by atoms with Crippen LogP contribution in [-0.2, 0) is 4.79 Å². The lowest BCUT2D eigenvalue weighted by Gasteiger charge is -2.10. The fraction of sp³-hybridized carbons (Fsp3) is 0.375. The number of carbonyl (C=O) groups excluding carboxylic acids is 1. The van der Waals surface area contributed by atoms with E-state index in [1.165, 1.54) is 0 Å². The van der Waals surface area contributed by atoms with Gasteiger partial charge < -0.3 is 4.79 Å². The van der Waals surface area contributed by atoms with Crippen molar-refractivity contribution in [2.75, 3.05) is 0 Å². The Labute approximate surface area is 118 Å². The van der Waals surface area contributed by atoms with Gasteiger partial charge in [0.15, 0.2) is 0 Å². The number of benzene rings is 1. The second-order valence-corrected chi connectivity index (χ2v) is 5.35. The Morgan fingerprint density at radius 2 is 1.95 bits per heavy atom. The van der Waals surface area contributed by atoms with E-state index in [2.05, 4.69) is 0 Å². The summed E-state index contributed by atoms with van der Waals surface area (Å²) in [4.78, 5) is 22.9. The molecule has 0 saturated heterocycles. The quantitative estimate of drug-likeness (QED) is 0.785. The third-order valence-corrected chi connectivity index (χ3v) is 3.53. The fourth-order valence-electron chi connectivity index (χ4n) is 2.24.